The van der Waals surface area contributed by atoms with Crippen LogP contribution in [0.3, 0.4) is 0 Å². The number of para-hydroxylation sites is 2. The van der Waals surface area contributed by atoms with Gasteiger partial charge in [0.2, 0.25) is 0 Å². The zero-order chi connectivity index (χ0) is 28.1. The molecular weight excluding hydrogens is 502 g/mol. The molecule has 0 bridgehead atoms. The van der Waals surface area contributed by atoms with E-state index < -0.39 is 17.4 Å². The highest BCUT2D eigenvalue weighted by Crippen LogP contribution is 2.50. The van der Waals surface area contributed by atoms with Gasteiger partial charge >= 0.3 is 5.97 Å². The second-order valence-corrected chi connectivity index (χ2v) is 9.85. The van der Waals surface area contributed by atoms with Crippen LogP contribution in [-0.4, -0.2) is 22.9 Å². The van der Waals surface area contributed by atoms with Gasteiger partial charge < -0.3 is 10.4 Å². The maximum atomic E-state index is 14.8. The number of nitrogens with one attached hydrogen (secondary N) is 1. The number of rotatable bonds is 10. The summed E-state index contributed by atoms with van der Waals surface area (Å²) in [5.41, 5.74) is 1.27. The molecule has 0 saturated carbocycles. The minimum atomic E-state index is -1.48. The molecule has 4 aromatic carbocycles. The SMILES string of the molecule is CCCCC1(C(Nc2ccc(C(=O)O)cc2)c2ccccc2)C(=O)N(c2ccccc2)N(c2ccccc2)C1=O. The van der Waals surface area contributed by atoms with Crippen LogP contribution in [0.1, 0.15) is 48.1 Å². The number of unbranched alkanes of at least 4 members (excludes halogenated alkanes) is 1. The highest BCUT2D eigenvalue weighted by Gasteiger charge is 2.63. The van der Waals surface area contributed by atoms with Crippen molar-refractivity contribution in [2.75, 3.05) is 15.3 Å². The number of carbonyl (C=O) groups is 3. The molecule has 0 radical (unpaired) electrons. The van der Waals surface area contributed by atoms with E-state index in [1.807, 2.05) is 97.9 Å². The van der Waals surface area contributed by atoms with Crippen LogP contribution < -0.4 is 15.3 Å². The van der Waals surface area contributed by atoms with E-state index in [0.29, 0.717) is 29.9 Å². The zero-order valence-corrected chi connectivity index (χ0v) is 22.2. The van der Waals surface area contributed by atoms with Crippen molar-refractivity contribution in [2.45, 2.75) is 32.2 Å². The van der Waals surface area contributed by atoms with Crippen LogP contribution in [0.4, 0.5) is 17.1 Å². The van der Waals surface area contributed by atoms with E-state index in [9.17, 15) is 19.5 Å². The molecule has 1 fully saturated rings. The molecule has 1 unspecified atom stereocenters. The Morgan fingerprint density at radius 3 is 1.68 bits per heavy atom. The summed E-state index contributed by atoms with van der Waals surface area (Å²) < 4.78 is 0. The lowest BCUT2D eigenvalue weighted by molar-refractivity contribution is -0.136. The number of benzene rings is 4. The number of carbonyl (C=O) groups excluding carboxylic acids is 2. The molecule has 5 rings (SSSR count). The number of nitrogens with zero attached hydrogens (tertiary/aromatic N) is 2. The molecule has 1 aliphatic heterocycles. The first kappa shape index (κ1) is 26.7. The van der Waals surface area contributed by atoms with Crippen molar-refractivity contribution in [3.63, 3.8) is 0 Å². The monoisotopic (exact) mass is 533 g/mol. The summed E-state index contributed by atoms with van der Waals surface area (Å²) in [6.07, 6.45) is 1.78. The van der Waals surface area contributed by atoms with Gasteiger partial charge in [-0.1, -0.05) is 86.5 Å². The summed E-state index contributed by atoms with van der Waals surface area (Å²) in [5, 5.41) is 15.8. The molecule has 1 saturated heterocycles. The number of hydrazine groups is 1. The fourth-order valence-corrected chi connectivity index (χ4v) is 5.33. The Kier molecular flexibility index (Phi) is 7.64. The van der Waals surface area contributed by atoms with E-state index in [1.54, 1.807) is 12.1 Å². The fraction of sp³-hybridized carbons (Fsp3) is 0.182. The third-order valence-corrected chi connectivity index (χ3v) is 7.34. The van der Waals surface area contributed by atoms with Gasteiger partial charge in [0.1, 0.15) is 0 Å². The van der Waals surface area contributed by atoms with Crippen molar-refractivity contribution in [3.8, 4) is 0 Å². The Morgan fingerprint density at radius 2 is 1.23 bits per heavy atom. The molecule has 0 aliphatic carbocycles. The van der Waals surface area contributed by atoms with Gasteiger partial charge in [-0.05, 0) is 60.5 Å². The molecule has 2 N–H and O–H groups in total. The molecule has 4 aromatic rings. The van der Waals surface area contributed by atoms with Crippen LogP contribution in [-0.2, 0) is 9.59 Å². The molecule has 0 aromatic heterocycles. The van der Waals surface area contributed by atoms with Crippen molar-refractivity contribution < 1.29 is 19.5 Å². The Hall–Kier alpha value is -4.91. The fourth-order valence-electron chi connectivity index (χ4n) is 5.33. The molecule has 40 heavy (non-hydrogen) atoms. The first-order chi connectivity index (χ1) is 19.5. The Labute approximate surface area is 233 Å². The lowest BCUT2D eigenvalue weighted by Crippen LogP contribution is -2.45. The summed E-state index contributed by atoms with van der Waals surface area (Å²) in [6, 6.07) is 33.6. The molecule has 2 amide bonds. The first-order valence-corrected chi connectivity index (χ1v) is 13.4. The number of hydrogen-bond donors (Lipinski definition) is 2. The second-order valence-electron chi connectivity index (χ2n) is 9.85. The van der Waals surface area contributed by atoms with Crippen LogP contribution in [0, 0.1) is 5.41 Å². The number of carboxylic acid groups (broad SMARTS) is 1. The van der Waals surface area contributed by atoms with Crippen LogP contribution >= 0.6 is 0 Å². The highest BCUT2D eigenvalue weighted by atomic mass is 16.4. The smallest absolute Gasteiger partial charge is 0.335 e. The predicted molar refractivity (Wildman–Crippen MR) is 156 cm³/mol. The topological polar surface area (TPSA) is 89.9 Å². The van der Waals surface area contributed by atoms with Gasteiger partial charge in [0.05, 0.1) is 23.0 Å². The third kappa shape index (κ3) is 4.82. The number of aromatic carboxylic acids is 1. The van der Waals surface area contributed by atoms with E-state index in [-0.39, 0.29) is 17.4 Å². The number of carboxylic acids is 1. The quantitative estimate of drug-likeness (QED) is 0.221. The second kappa shape index (κ2) is 11.5. The van der Waals surface area contributed by atoms with Gasteiger partial charge in [-0.2, -0.15) is 0 Å². The van der Waals surface area contributed by atoms with Crippen molar-refractivity contribution in [1.29, 1.82) is 0 Å². The normalized spacial score (nSPS) is 15.2. The van der Waals surface area contributed by atoms with Crippen LogP contribution in [0.15, 0.2) is 115 Å². The van der Waals surface area contributed by atoms with E-state index in [1.165, 1.54) is 22.2 Å². The van der Waals surface area contributed by atoms with Gasteiger partial charge in [0.25, 0.3) is 11.8 Å². The maximum Gasteiger partial charge on any atom is 0.335 e. The first-order valence-electron chi connectivity index (χ1n) is 13.4. The van der Waals surface area contributed by atoms with E-state index in [0.717, 1.165) is 12.0 Å². The van der Waals surface area contributed by atoms with Crippen LogP contribution in [0.25, 0.3) is 0 Å². The van der Waals surface area contributed by atoms with Crippen LogP contribution in [0.2, 0.25) is 0 Å². The molecule has 7 heteroatoms. The largest absolute Gasteiger partial charge is 0.478 e. The summed E-state index contributed by atoms with van der Waals surface area (Å²) in [4.78, 5) is 41.1. The molecule has 1 atom stereocenters. The highest BCUT2D eigenvalue weighted by molar-refractivity contribution is 6.26. The summed E-state index contributed by atoms with van der Waals surface area (Å²) in [6.45, 7) is 2.04. The molecule has 1 aliphatic rings. The Balaban J connectivity index is 1.70. The standard InChI is InChI=1S/C33H31N3O4/c1-2-3-23-33(29(24-13-7-4-8-14-24)34-26-21-19-25(20-22-26)30(37)38)31(39)35(27-15-9-5-10-16-27)36(32(33)40)28-17-11-6-12-18-28/h4-22,29,34H,2-3,23H2,1H3,(H,37,38). The van der Waals surface area contributed by atoms with Crippen molar-refractivity contribution in [2.24, 2.45) is 5.41 Å². The number of hydrogen-bond acceptors (Lipinski definition) is 4. The molecule has 202 valence electrons. The Bertz CT molecular complexity index is 1420. The predicted octanol–water partition coefficient (Wildman–Crippen LogP) is 6.71. The number of amides is 2. The van der Waals surface area contributed by atoms with Gasteiger partial charge in [-0.15, -0.1) is 0 Å². The van der Waals surface area contributed by atoms with E-state index >= 15 is 0 Å². The zero-order valence-electron chi connectivity index (χ0n) is 22.2. The summed E-state index contributed by atoms with van der Waals surface area (Å²) in [5.74, 6) is -1.65. The van der Waals surface area contributed by atoms with Gasteiger partial charge in [-0.3, -0.25) is 9.59 Å². The average Bonchev–Trinajstić information content (AvgIpc) is 3.22. The van der Waals surface area contributed by atoms with Gasteiger partial charge in [0.15, 0.2) is 5.41 Å². The average molecular weight is 534 g/mol. The van der Waals surface area contributed by atoms with Crippen molar-refractivity contribution in [3.05, 3.63) is 126 Å². The van der Waals surface area contributed by atoms with Crippen molar-refractivity contribution in [1.82, 2.24) is 0 Å². The van der Waals surface area contributed by atoms with Crippen molar-refractivity contribution >= 4 is 34.8 Å². The molecule has 1 heterocycles. The lowest BCUT2D eigenvalue weighted by Gasteiger charge is -2.35. The molecular formula is C33H31N3O4. The molecule has 0 spiro atoms. The van der Waals surface area contributed by atoms with Gasteiger partial charge in [-0.25, -0.2) is 14.8 Å². The lowest BCUT2D eigenvalue weighted by atomic mass is 9.72. The third-order valence-electron chi connectivity index (χ3n) is 7.34. The minimum Gasteiger partial charge on any atom is -0.478 e. The summed E-state index contributed by atoms with van der Waals surface area (Å²) in [7, 11) is 0. The van der Waals surface area contributed by atoms with E-state index in [4.69, 9.17) is 0 Å². The van der Waals surface area contributed by atoms with Crippen LogP contribution in [0.5, 0.6) is 0 Å². The minimum absolute atomic E-state index is 0.154. The molecule has 7 nitrogen and oxygen atoms in total. The van der Waals surface area contributed by atoms with E-state index in [2.05, 4.69) is 5.32 Å². The Morgan fingerprint density at radius 1 is 0.750 bits per heavy atom. The summed E-state index contributed by atoms with van der Waals surface area (Å²) >= 11 is 0. The van der Waals surface area contributed by atoms with Gasteiger partial charge in [0, 0.05) is 5.69 Å². The maximum absolute atomic E-state index is 14.8. The number of anilines is 3.